The molecule has 0 bridgehead atoms. The van der Waals surface area contributed by atoms with Crippen LogP contribution in [0.1, 0.15) is 43.1 Å². The van der Waals surface area contributed by atoms with Gasteiger partial charge in [-0.1, -0.05) is 13.8 Å². The fourth-order valence-electron chi connectivity index (χ4n) is 2.45. The molecule has 1 N–H and O–H groups in total. The van der Waals surface area contributed by atoms with E-state index in [9.17, 15) is 19.1 Å². The minimum atomic E-state index is -0.903. The van der Waals surface area contributed by atoms with Crippen molar-refractivity contribution in [3.8, 4) is 5.75 Å². The van der Waals surface area contributed by atoms with E-state index in [1.165, 1.54) is 12.1 Å². The molecule has 0 fully saturated rings. The molecule has 0 saturated heterocycles. The number of pyridine rings is 2. The zero-order chi connectivity index (χ0) is 17.1. The molecular weight excluding hydrogens is 301 g/mol. The summed E-state index contributed by atoms with van der Waals surface area (Å²) in [5.41, 5.74) is -0.401. The van der Waals surface area contributed by atoms with Crippen LogP contribution >= 0.6 is 0 Å². The summed E-state index contributed by atoms with van der Waals surface area (Å²) in [6.07, 6.45) is 2.23. The molecule has 0 spiro atoms. The molecular formula is C17H20FNO4. The maximum atomic E-state index is 13.5. The van der Waals surface area contributed by atoms with Crippen LogP contribution in [0.25, 0.3) is 5.52 Å². The van der Waals surface area contributed by atoms with Crippen LogP contribution in [-0.2, 0) is 11.2 Å². The third kappa shape index (κ3) is 3.36. The summed E-state index contributed by atoms with van der Waals surface area (Å²) in [7, 11) is 0. The molecule has 0 saturated carbocycles. The van der Waals surface area contributed by atoms with Crippen LogP contribution in [0, 0.1) is 11.7 Å². The number of hydrogen-bond donors (Lipinski definition) is 1. The number of fused-ring (bicyclic) bond motifs is 1. The van der Waals surface area contributed by atoms with Gasteiger partial charge in [0.15, 0.2) is 5.56 Å². The summed E-state index contributed by atoms with van der Waals surface area (Å²) in [5, 5.41) is 10.4. The molecule has 2 rings (SSSR count). The van der Waals surface area contributed by atoms with Crippen LogP contribution < -0.4 is 5.56 Å². The second-order valence-corrected chi connectivity index (χ2v) is 5.76. The number of aromatic nitrogens is 1. The van der Waals surface area contributed by atoms with Gasteiger partial charge in [0.05, 0.1) is 12.1 Å². The normalized spacial score (nSPS) is 11.2. The Morgan fingerprint density at radius 3 is 2.70 bits per heavy atom. The summed E-state index contributed by atoms with van der Waals surface area (Å²) in [5.74, 6) is -1.51. The highest BCUT2D eigenvalue weighted by atomic mass is 19.1. The van der Waals surface area contributed by atoms with Crippen LogP contribution in [0.4, 0.5) is 4.39 Å². The van der Waals surface area contributed by atoms with Gasteiger partial charge in [0.2, 0.25) is 0 Å². The number of nitrogens with zero attached hydrogens (tertiary/aromatic N) is 1. The first kappa shape index (κ1) is 17.0. The Hall–Kier alpha value is -2.37. The van der Waals surface area contributed by atoms with Crippen molar-refractivity contribution in [2.24, 2.45) is 5.92 Å². The van der Waals surface area contributed by atoms with E-state index < -0.39 is 22.9 Å². The van der Waals surface area contributed by atoms with E-state index in [-0.39, 0.29) is 12.4 Å². The maximum absolute atomic E-state index is 13.5. The number of aromatic hydroxyl groups is 1. The largest absolute Gasteiger partial charge is 0.506 e. The minimum absolute atomic E-state index is 0.0743. The van der Waals surface area contributed by atoms with Gasteiger partial charge in [-0.15, -0.1) is 0 Å². The van der Waals surface area contributed by atoms with E-state index in [1.54, 1.807) is 6.92 Å². The number of carbonyl (C=O) groups excluding carboxylic acids is 1. The van der Waals surface area contributed by atoms with Gasteiger partial charge in [-0.2, -0.15) is 0 Å². The highest BCUT2D eigenvalue weighted by molar-refractivity contribution is 5.93. The van der Waals surface area contributed by atoms with Crippen molar-refractivity contribution in [1.82, 2.24) is 4.40 Å². The Morgan fingerprint density at radius 1 is 1.39 bits per heavy atom. The van der Waals surface area contributed by atoms with Gasteiger partial charge >= 0.3 is 5.97 Å². The Kier molecular flexibility index (Phi) is 5.03. The molecule has 5 nitrogen and oxygen atoms in total. The van der Waals surface area contributed by atoms with Gasteiger partial charge in [-0.05, 0) is 37.8 Å². The van der Waals surface area contributed by atoms with Gasteiger partial charge in [-0.3, -0.25) is 9.20 Å². The van der Waals surface area contributed by atoms with Gasteiger partial charge in [0, 0.05) is 11.8 Å². The van der Waals surface area contributed by atoms with Crippen LogP contribution in [0.2, 0.25) is 0 Å². The summed E-state index contributed by atoms with van der Waals surface area (Å²) >= 11 is 0. The summed E-state index contributed by atoms with van der Waals surface area (Å²) in [4.78, 5) is 24.5. The van der Waals surface area contributed by atoms with Crippen LogP contribution in [0.15, 0.2) is 23.1 Å². The van der Waals surface area contributed by atoms with E-state index in [4.69, 9.17) is 4.74 Å². The number of rotatable bonds is 5. The maximum Gasteiger partial charge on any atom is 0.347 e. The quantitative estimate of drug-likeness (QED) is 0.860. The fraction of sp³-hybridized carbons (Fsp3) is 0.412. The lowest BCUT2D eigenvalue weighted by Crippen LogP contribution is -2.25. The Morgan fingerprint density at radius 2 is 2.09 bits per heavy atom. The zero-order valence-corrected chi connectivity index (χ0v) is 13.4. The summed E-state index contributed by atoms with van der Waals surface area (Å²) in [6, 6.07) is 2.65. The monoisotopic (exact) mass is 321 g/mol. The van der Waals surface area contributed by atoms with E-state index in [1.807, 2.05) is 13.8 Å². The predicted molar refractivity (Wildman–Crippen MR) is 84.4 cm³/mol. The molecule has 2 aromatic rings. The van der Waals surface area contributed by atoms with E-state index >= 15 is 0 Å². The SMILES string of the molecule is CCOC(=O)c1c(O)c(CCC(C)C)c2ccc(F)cn2c1=O. The molecule has 0 aromatic carbocycles. The van der Waals surface area contributed by atoms with Crippen LogP contribution in [0.5, 0.6) is 5.75 Å². The molecule has 2 heterocycles. The highest BCUT2D eigenvalue weighted by Gasteiger charge is 2.24. The molecule has 0 amide bonds. The molecule has 0 aliphatic rings. The van der Waals surface area contributed by atoms with Crippen molar-refractivity contribution >= 4 is 11.5 Å². The highest BCUT2D eigenvalue weighted by Crippen LogP contribution is 2.27. The molecule has 23 heavy (non-hydrogen) atoms. The van der Waals surface area contributed by atoms with Crippen molar-refractivity contribution in [3.63, 3.8) is 0 Å². The first-order chi connectivity index (χ1) is 10.9. The number of carbonyl (C=O) groups is 1. The number of halogens is 1. The lowest BCUT2D eigenvalue weighted by Gasteiger charge is -2.14. The number of esters is 1. The molecule has 0 atom stereocenters. The molecule has 0 aliphatic heterocycles. The van der Waals surface area contributed by atoms with Gasteiger partial charge in [0.25, 0.3) is 5.56 Å². The first-order valence-electron chi connectivity index (χ1n) is 7.59. The first-order valence-corrected chi connectivity index (χ1v) is 7.59. The van der Waals surface area contributed by atoms with E-state index in [0.29, 0.717) is 23.4 Å². The number of aryl methyl sites for hydroxylation is 1. The molecule has 0 unspecified atom stereocenters. The number of ether oxygens (including phenoxy) is 1. The van der Waals surface area contributed by atoms with Gasteiger partial charge in [-0.25, -0.2) is 9.18 Å². The Balaban J connectivity index is 2.75. The van der Waals surface area contributed by atoms with Crippen molar-refractivity contribution in [2.75, 3.05) is 6.61 Å². The van der Waals surface area contributed by atoms with E-state index in [0.717, 1.165) is 17.0 Å². The zero-order valence-electron chi connectivity index (χ0n) is 13.4. The van der Waals surface area contributed by atoms with Crippen LogP contribution in [0.3, 0.4) is 0 Å². The minimum Gasteiger partial charge on any atom is -0.506 e. The Labute approximate surface area is 133 Å². The molecule has 6 heteroatoms. The van der Waals surface area contributed by atoms with Crippen molar-refractivity contribution in [1.29, 1.82) is 0 Å². The van der Waals surface area contributed by atoms with Gasteiger partial charge in [0.1, 0.15) is 11.6 Å². The van der Waals surface area contributed by atoms with Crippen molar-refractivity contribution in [2.45, 2.75) is 33.6 Å². The third-order valence-electron chi connectivity index (χ3n) is 3.63. The summed E-state index contributed by atoms with van der Waals surface area (Å²) < 4.78 is 19.4. The lowest BCUT2D eigenvalue weighted by atomic mass is 9.99. The predicted octanol–water partition coefficient (Wildman–Crippen LogP) is 2.91. The standard InChI is InChI=1S/C17H20FNO4/c1-4-23-17(22)14-15(20)12(7-5-10(2)3)13-8-6-11(18)9-19(13)16(14)21/h6,8-10,20H,4-5,7H2,1-3H3. The molecule has 0 aliphatic carbocycles. The van der Waals surface area contributed by atoms with E-state index in [2.05, 4.69) is 0 Å². The molecule has 0 radical (unpaired) electrons. The average molecular weight is 321 g/mol. The average Bonchev–Trinajstić information content (AvgIpc) is 2.47. The molecule has 124 valence electrons. The molecule has 2 aromatic heterocycles. The van der Waals surface area contributed by atoms with Gasteiger partial charge < -0.3 is 9.84 Å². The number of hydrogen-bond acceptors (Lipinski definition) is 4. The lowest BCUT2D eigenvalue weighted by molar-refractivity contribution is 0.0520. The topological polar surface area (TPSA) is 68.0 Å². The second-order valence-electron chi connectivity index (χ2n) is 5.76. The summed E-state index contributed by atoms with van der Waals surface area (Å²) in [6.45, 7) is 5.73. The van der Waals surface area contributed by atoms with Crippen molar-refractivity contribution < 1.29 is 19.0 Å². The smallest absolute Gasteiger partial charge is 0.347 e. The second kappa shape index (κ2) is 6.81. The third-order valence-corrected chi connectivity index (χ3v) is 3.63. The fourth-order valence-corrected chi connectivity index (χ4v) is 2.45. The van der Waals surface area contributed by atoms with Crippen LogP contribution in [-0.4, -0.2) is 22.1 Å². The van der Waals surface area contributed by atoms with Crippen molar-refractivity contribution in [3.05, 3.63) is 45.6 Å². The Bertz CT molecular complexity index is 795.